The van der Waals surface area contributed by atoms with Crippen LogP contribution in [-0.2, 0) is 0 Å². The zero-order valence-corrected chi connectivity index (χ0v) is 10.2. The van der Waals surface area contributed by atoms with Crippen LogP contribution in [0.1, 0.15) is 46.0 Å². The highest BCUT2D eigenvalue weighted by molar-refractivity contribution is 5.35. The Hall–Kier alpha value is -1.32. The Morgan fingerprint density at radius 2 is 2.19 bits per heavy atom. The molecule has 1 rings (SSSR count). The molecule has 0 bridgehead atoms. The quantitative estimate of drug-likeness (QED) is 0.696. The maximum Gasteiger partial charge on any atom is 0.224 e. The Bertz CT molecular complexity index is 301. The van der Waals surface area contributed by atoms with E-state index in [-0.39, 0.29) is 0 Å². The van der Waals surface area contributed by atoms with Gasteiger partial charge in [-0.05, 0) is 19.4 Å². The van der Waals surface area contributed by atoms with Crippen molar-refractivity contribution in [1.82, 2.24) is 9.97 Å². The summed E-state index contributed by atoms with van der Waals surface area (Å²) in [5.41, 5.74) is 5.58. The number of anilines is 2. The monoisotopic (exact) mass is 222 g/mol. The van der Waals surface area contributed by atoms with Crippen molar-refractivity contribution in [3.63, 3.8) is 0 Å². The average molecular weight is 222 g/mol. The van der Waals surface area contributed by atoms with Crippen molar-refractivity contribution in [1.29, 1.82) is 0 Å². The minimum Gasteiger partial charge on any atom is -0.384 e. The van der Waals surface area contributed by atoms with E-state index in [1.165, 1.54) is 25.7 Å². The minimum atomic E-state index is 0.402. The molecule has 1 aromatic rings. The second kappa shape index (κ2) is 7.04. The average Bonchev–Trinajstić information content (AvgIpc) is 2.24. The molecule has 0 amide bonds. The van der Waals surface area contributed by atoms with Crippen LogP contribution in [0.5, 0.6) is 0 Å². The Labute approximate surface area is 97.7 Å². The van der Waals surface area contributed by atoms with Crippen LogP contribution < -0.4 is 11.1 Å². The van der Waals surface area contributed by atoms with E-state index in [1.54, 1.807) is 12.3 Å². The summed E-state index contributed by atoms with van der Waals surface area (Å²) in [7, 11) is 0. The van der Waals surface area contributed by atoms with Crippen LogP contribution in [0.2, 0.25) is 0 Å². The summed E-state index contributed by atoms with van der Waals surface area (Å²) >= 11 is 0. The smallest absolute Gasteiger partial charge is 0.224 e. The van der Waals surface area contributed by atoms with Gasteiger partial charge < -0.3 is 11.1 Å². The number of rotatable bonds is 7. The Kier molecular flexibility index (Phi) is 5.61. The van der Waals surface area contributed by atoms with Gasteiger partial charge in [0.2, 0.25) is 5.95 Å². The van der Waals surface area contributed by atoms with Gasteiger partial charge in [-0.2, -0.15) is 4.98 Å². The summed E-state index contributed by atoms with van der Waals surface area (Å²) in [6, 6.07) is 2.09. The molecule has 0 aliphatic carbocycles. The molecular weight excluding hydrogens is 200 g/mol. The van der Waals surface area contributed by atoms with E-state index >= 15 is 0 Å². The Balaban J connectivity index is 2.25. The lowest BCUT2D eigenvalue weighted by molar-refractivity contribution is 0.592. The van der Waals surface area contributed by atoms with E-state index in [2.05, 4.69) is 29.1 Å². The lowest BCUT2D eigenvalue weighted by Gasteiger charge is -2.13. The number of nitrogens with one attached hydrogen (secondary N) is 1. The fourth-order valence-corrected chi connectivity index (χ4v) is 1.61. The SMILES string of the molecule is CCCCCCC(C)Nc1nccc(N)n1. The number of nitrogen functional groups attached to an aromatic ring is 1. The number of hydrogen-bond donors (Lipinski definition) is 2. The molecule has 1 heterocycles. The van der Waals surface area contributed by atoms with Crippen molar-refractivity contribution in [3.05, 3.63) is 12.3 Å². The van der Waals surface area contributed by atoms with Crippen molar-refractivity contribution < 1.29 is 0 Å². The lowest BCUT2D eigenvalue weighted by Crippen LogP contribution is -2.17. The van der Waals surface area contributed by atoms with Gasteiger partial charge >= 0.3 is 0 Å². The van der Waals surface area contributed by atoms with Crippen LogP contribution in [0.3, 0.4) is 0 Å². The molecule has 4 heteroatoms. The molecule has 0 aliphatic rings. The van der Waals surface area contributed by atoms with Crippen molar-refractivity contribution in [3.8, 4) is 0 Å². The maximum absolute atomic E-state index is 5.58. The van der Waals surface area contributed by atoms with Gasteiger partial charge in [0.05, 0.1) is 0 Å². The van der Waals surface area contributed by atoms with Gasteiger partial charge in [0.1, 0.15) is 5.82 Å². The van der Waals surface area contributed by atoms with Crippen LogP contribution in [0.4, 0.5) is 11.8 Å². The van der Waals surface area contributed by atoms with Crippen molar-refractivity contribution in [2.45, 2.75) is 52.0 Å². The molecule has 1 atom stereocenters. The summed E-state index contributed by atoms with van der Waals surface area (Å²) < 4.78 is 0. The van der Waals surface area contributed by atoms with E-state index in [1.807, 2.05) is 0 Å². The molecule has 3 N–H and O–H groups in total. The first kappa shape index (κ1) is 12.7. The molecule has 0 saturated carbocycles. The van der Waals surface area contributed by atoms with Gasteiger partial charge in [0.25, 0.3) is 0 Å². The van der Waals surface area contributed by atoms with E-state index in [0.29, 0.717) is 17.8 Å². The molecule has 0 aliphatic heterocycles. The van der Waals surface area contributed by atoms with E-state index in [9.17, 15) is 0 Å². The van der Waals surface area contributed by atoms with Gasteiger partial charge in [0, 0.05) is 12.2 Å². The number of unbranched alkanes of at least 4 members (excludes halogenated alkanes) is 3. The number of nitrogens with two attached hydrogens (primary N) is 1. The minimum absolute atomic E-state index is 0.402. The van der Waals surface area contributed by atoms with Crippen molar-refractivity contribution in [2.75, 3.05) is 11.1 Å². The number of aromatic nitrogens is 2. The highest BCUT2D eigenvalue weighted by Gasteiger charge is 2.03. The molecule has 0 radical (unpaired) electrons. The number of hydrogen-bond acceptors (Lipinski definition) is 4. The van der Waals surface area contributed by atoms with Gasteiger partial charge in [-0.15, -0.1) is 0 Å². The Morgan fingerprint density at radius 1 is 1.38 bits per heavy atom. The molecule has 16 heavy (non-hydrogen) atoms. The highest BCUT2D eigenvalue weighted by Crippen LogP contribution is 2.09. The van der Waals surface area contributed by atoms with Gasteiger partial charge in [0.15, 0.2) is 0 Å². The van der Waals surface area contributed by atoms with Crippen molar-refractivity contribution >= 4 is 11.8 Å². The molecule has 0 fully saturated rings. The van der Waals surface area contributed by atoms with Crippen LogP contribution in [0.25, 0.3) is 0 Å². The van der Waals surface area contributed by atoms with Gasteiger partial charge in [-0.25, -0.2) is 4.98 Å². The number of nitrogens with zero attached hydrogens (tertiary/aromatic N) is 2. The lowest BCUT2D eigenvalue weighted by atomic mass is 10.1. The predicted octanol–water partition coefficient (Wildman–Crippen LogP) is 2.83. The third-order valence-corrected chi connectivity index (χ3v) is 2.54. The third kappa shape index (κ3) is 4.96. The first-order valence-corrected chi connectivity index (χ1v) is 6.07. The van der Waals surface area contributed by atoms with Gasteiger partial charge in [-0.1, -0.05) is 32.6 Å². The molecule has 0 saturated heterocycles. The molecule has 90 valence electrons. The fraction of sp³-hybridized carbons (Fsp3) is 0.667. The van der Waals surface area contributed by atoms with Crippen molar-refractivity contribution in [2.24, 2.45) is 0 Å². The van der Waals surface area contributed by atoms with Crippen LogP contribution in [0.15, 0.2) is 12.3 Å². The zero-order valence-electron chi connectivity index (χ0n) is 10.2. The predicted molar refractivity (Wildman–Crippen MR) is 68.3 cm³/mol. The van der Waals surface area contributed by atoms with E-state index in [4.69, 9.17) is 5.73 Å². The second-order valence-electron chi connectivity index (χ2n) is 4.20. The van der Waals surface area contributed by atoms with E-state index < -0.39 is 0 Å². The summed E-state index contributed by atoms with van der Waals surface area (Å²) in [6.07, 6.45) is 7.99. The summed E-state index contributed by atoms with van der Waals surface area (Å²) in [6.45, 7) is 4.38. The summed E-state index contributed by atoms with van der Waals surface area (Å²) in [5.74, 6) is 1.14. The Morgan fingerprint density at radius 3 is 2.88 bits per heavy atom. The van der Waals surface area contributed by atoms with E-state index in [0.717, 1.165) is 6.42 Å². The molecule has 4 nitrogen and oxygen atoms in total. The van der Waals surface area contributed by atoms with Crippen LogP contribution in [-0.4, -0.2) is 16.0 Å². The van der Waals surface area contributed by atoms with Gasteiger partial charge in [-0.3, -0.25) is 0 Å². The largest absolute Gasteiger partial charge is 0.384 e. The zero-order chi connectivity index (χ0) is 11.8. The second-order valence-corrected chi connectivity index (χ2v) is 4.20. The van der Waals surface area contributed by atoms with Crippen LogP contribution >= 0.6 is 0 Å². The molecule has 0 spiro atoms. The highest BCUT2D eigenvalue weighted by atomic mass is 15.1. The normalized spacial score (nSPS) is 12.4. The molecular formula is C12H22N4. The molecule has 1 aromatic heterocycles. The maximum atomic E-state index is 5.58. The first-order valence-electron chi connectivity index (χ1n) is 6.07. The fourth-order valence-electron chi connectivity index (χ4n) is 1.61. The first-order chi connectivity index (χ1) is 7.72. The van der Waals surface area contributed by atoms with Crippen LogP contribution in [0, 0.1) is 0 Å². The third-order valence-electron chi connectivity index (χ3n) is 2.54. The molecule has 1 unspecified atom stereocenters. The topological polar surface area (TPSA) is 63.8 Å². The molecule has 0 aromatic carbocycles. The summed E-state index contributed by atoms with van der Waals surface area (Å²) in [5, 5.41) is 3.26. The standard InChI is InChI=1S/C12H22N4/c1-3-4-5-6-7-10(2)15-12-14-9-8-11(13)16-12/h8-10H,3-7H2,1-2H3,(H3,13,14,15,16). The summed E-state index contributed by atoms with van der Waals surface area (Å²) in [4.78, 5) is 8.23.